The third-order valence-electron chi connectivity index (χ3n) is 2.48. The van der Waals surface area contributed by atoms with Gasteiger partial charge in [0, 0.05) is 30.3 Å². The molecule has 0 aliphatic carbocycles. The van der Waals surface area contributed by atoms with Gasteiger partial charge >= 0.3 is 6.18 Å². The minimum absolute atomic E-state index is 0.112. The van der Waals surface area contributed by atoms with Crippen LogP contribution in [0.4, 0.5) is 19.0 Å². The zero-order valence-corrected chi connectivity index (χ0v) is 11.0. The Morgan fingerprint density at radius 3 is 2.59 bits per heavy atom. The van der Waals surface area contributed by atoms with Crippen LogP contribution in [0, 0.1) is 0 Å². The molecule has 3 nitrogen and oxygen atoms in total. The van der Waals surface area contributed by atoms with Crippen LogP contribution in [0.3, 0.4) is 0 Å². The smallest absolute Gasteiger partial charge is 0.355 e. The summed E-state index contributed by atoms with van der Waals surface area (Å²) in [7, 11) is 1.54. The highest BCUT2D eigenvalue weighted by Crippen LogP contribution is 2.36. The summed E-state index contributed by atoms with van der Waals surface area (Å²) in [6, 6.07) is 0.798. The molecule has 0 saturated carbocycles. The van der Waals surface area contributed by atoms with Crippen LogP contribution in [-0.4, -0.2) is 24.6 Å². The van der Waals surface area contributed by atoms with Crippen molar-refractivity contribution in [2.75, 3.05) is 18.5 Å². The fraction of sp³-hybridized carbons (Fsp3) is 0.500. The Balaban J connectivity index is 3.24. The molecule has 0 amide bonds. The van der Waals surface area contributed by atoms with Crippen molar-refractivity contribution in [2.24, 2.45) is 5.73 Å². The van der Waals surface area contributed by atoms with Crippen molar-refractivity contribution in [3.05, 3.63) is 22.3 Å². The molecule has 0 aliphatic rings. The quantitative estimate of drug-likeness (QED) is 0.933. The highest BCUT2D eigenvalue weighted by Gasteiger charge is 2.36. The van der Waals surface area contributed by atoms with E-state index in [2.05, 4.69) is 20.9 Å². The van der Waals surface area contributed by atoms with E-state index in [-0.39, 0.29) is 18.4 Å². The fourth-order valence-electron chi connectivity index (χ4n) is 1.29. The molecule has 7 heteroatoms. The standard InChI is InChI=1S/C10H13BrF3N3/c1-6(4-15)17(2)9-8(10(12,13)14)3-7(11)5-16-9/h3,5-6H,4,15H2,1-2H3. The Hall–Kier alpha value is -0.820. The molecule has 17 heavy (non-hydrogen) atoms. The molecular weight excluding hydrogens is 299 g/mol. The summed E-state index contributed by atoms with van der Waals surface area (Å²) in [6.45, 7) is 2.00. The van der Waals surface area contributed by atoms with Gasteiger partial charge in [0.05, 0.1) is 5.56 Å². The molecule has 1 atom stereocenters. The number of nitrogens with zero attached hydrogens (tertiary/aromatic N) is 2. The molecule has 0 saturated heterocycles. The van der Waals surface area contributed by atoms with Crippen LogP contribution >= 0.6 is 15.9 Å². The van der Waals surface area contributed by atoms with Gasteiger partial charge in [-0.25, -0.2) is 4.98 Å². The van der Waals surface area contributed by atoms with Gasteiger partial charge in [-0.05, 0) is 28.9 Å². The fourth-order valence-corrected chi connectivity index (χ4v) is 1.62. The molecule has 1 heterocycles. The number of aromatic nitrogens is 1. The third-order valence-corrected chi connectivity index (χ3v) is 2.91. The number of hydrogen-bond acceptors (Lipinski definition) is 3. The number of anilines is 1. The van der Waals surface area contributed by atoms with E-state index < -0.39 is 11.7 Å². The van der Waals surface area contributed by atoms with Crippen LogP contribution < -0.4 is 10.6 Å². The molecule has 1 unspecified atom stereocenters. The van der Waals surface area contributed by atoms with Crippen molar-refractivity contribution in [2.45, 2.75) is 19.1 Å². The molecule has 1 aromatic heterocycles. The van der Waals surface area contributed by atoms with Crippen LogP contribution in [0.25, 0.3) is 0 Å². The average molecular weight is 312 g/mol. The summed E-state index contributed by atoms with van der Waals surface area (Å²) in [6.07, 6.45) is -3.10. The van der Waals surface area contributed by atoms with Crippen molar-refractivity contribution >= 4 is 21.7 Å². The zero-order valence-electron chi connectivity index (χ0n) is 9.42. The monoisotopic (exact) mass is 311 g/mol. The van der Waals surface area contributed by atoms with Crippen molar-refractivity contribution < 1.29 is 13.2 Å². The van der Waals surface area contributed by atoms with Gasteiger partial charge in [0.1, 0.15) is 5.82 Å². The lowest BCUT2D eigenvalue weighted by Gasteiger charge is -2.27. The first-order valence-corrected chi connectivity index (χ1v) is 5.72. The van der Waals surface area contributed by atoms with E-state index >= 15 is 0 Å². The van der Waals surface area contributed by atoms with Crippen molar-refractivity contribution in [1.82, 2.24) is 4.98 Å². The summed E-state index contributed by atoms with van der Waals surface area (Å²) in [5, 5.41) is 0. The molecule has 0 radical (unpaired) electrons. The lowest BCUT2D eigenvalue weighted by Crippen LogP contribution is -2.37. The highest BCUT2D eigenvalue weighted by atomic mass is 79.9. The summed E-state index contributed by atoms with van der Waals surface area (Å²) < 4.78 is 38.8. The second-order valence-corrected chi connectivity index (χ2v) is 4.63. The maximum atomic E-state index is 12.8. The lowest BCUT2D eigenvalue weighted by molar-refractivity contribution is -0.137. The maximum absolute atomic E-state index is 12.8. The van der Waals surface area contributed by atoms with Crippen LogP contribution in [0.2, 0.25) is 0 Å². The first-order chi connectivity index (χ1) is 7.77. The second kappa shape index (κ2) is 5.22. The van der Waals surface area contributed by atoms with Crippen molar-refractivity contribution in [1.29, 1.82) is 0 Å². The Bertz CT molecular complexity index is 395. The SMILES string of the molecule is CC(CN)N(C)c1ncc(Br)cc1C(F)(F)F. The van der Waals surface area contributed by atoms with Gasteiger partial charge in [-0.2, -0.15) is 13.2 Å². The molecule has 0 fully saturated rings. The molecular formula is C10H13BrF3N3. The van der Waals surface area contributed by atoms with Gasteiger partial charge in [0.25, 0.3) is 0 Å². The summed E-state index contributed by atoms with van der Waals surface area (Å²) in [5.41, 5.74) is 4.67. The molecule has 0 aliphatic heterocycles. The molecule has 96 valence electrons. The van der Waals surface area contributed by atoms with Gasteiger partial charge in [0.2, 0.25) is 0 Å². The van der Waals surface area contributed by atoms with Crippen LogP contribution in [0.1, 0.15) is 12.5 Å². The van der Waals surface area contributed by atoms with Crippen LogP contribution in [-0.2, 0) is 6.18 Å². The van der Waals surface area contributed by atoms with E-state index in [0.717, 1.165) is 6.07 Å². The lowest BCUT2D eigenvalue weighted by atomic mass is 10.2. The molecule has 0 aromatic carbocycles. The van der Waals surface area contributed by atoms with Gasteiger partial charge in [-0.1, -0.05) is 0 Å². The molecule has 0 spiro atoms. The van der Waals surface area contributed by atoms with Crippen LogP contribution in [0.5, 0.6) is 0 Å². The highest BCUT2D eigenvalue weighted by molar-refractivity contribution is 9.10. The van der Waals surface area contributed by atoms with Crippen LogP contribution in [0.15, 0.2) is 16.7 Å². The first-order valence-electron chi connectivity index (χ1n) is 4.93. The van der Waals surface area contributed by atoms with Crippen molar-refractivity contribution in [3.63, 3.8) is 0 Å². The number of likely N-dealkylation sites (N-methyl/N-ethyl adjacent to an activating group) is 1. The van der Waals surface area contributed by atoms with Gasteiger partial charge in [-0.15, -0.1) is 0 Å². The van der Waals surface area contributed by atoms with Crippen molar-refractivity contribution in [3.8, 4) is 0 Å². The van der Waals surface area contributed by atoms with Gasteiger partial charge in [0.15, 0.2) is 0 Å². The van der Waals surface area contributed by atoms with E-state index in [1.807, 2.05) is 0 Å². The largest absolute Gasteiger partial charge is 0.419 e. The van der Waals surface area contributed by atoms with Gasteiger partial charge < -0.3 is 10.6 Å². The molecule has 1 aromatic rings. The van der Waals surface area contributed by atoms with E-state index in [1.54, 1.807) is 14.0 Å². The van der Waals surface area contributed by atoms with E-state index in [0.29, 0.717) is 4.47 Å². The third kappa shape index (κ3) is 3.32. The minimum Gasteiger partial charge on any atom is -0.355 e. The Morgan fingerprint density at radius 2 is 2.12 bits per heavy atom. The maximum Gasteiger partial charge on any atom is 0.419 e. The number of rotatable bonds is 3. The minimum atomic E-state index is -4.44. The normalized spacial score (nSPS) is 13.6. The topological polar surface area (TPSA) is 42.1 Å². The summed E-state index contributed by atoms with van der Waals surface area (Å²) in [5.74, 6) is -0.112. The number of alkyl halides is 3. The molecule has 2 N–H and O–H groups in total. The Kier molecular flexibility index (Phi) is 4.37. The molecule has 0 bridgehead atoms. The summed E-state index contributed by atoms with van der Waals surface area (Å²) >= 11 is 2.99. The molecule has 1 rings (SSSR count). The Morgan fingerprint density at radius 1 is 1.53 bits per heavy atom. The number of hydrogen-bond donors (Lipinski definition) is 1. The number of nitrogens with two attached hydrogens (primary N) is 1. The number of halogens is 4. The van der Waals surface area contributed by atoms with E-state index in [1.165, 1.54) is 11.1 Å². The Labute approximate surface area is 106 Å². The second-order valence-electron chi connectivity index (χ2n) is 3.72. The summed E-state index contributed by atoms with van der Waals surface area (Å²) in [4.78, 5) is 5.24. The zero-order chi connectivity index (χ0) is 13.2. The predicted octanol–water partition coefficient (Wildman–Crippen LogP) is 2.65. The van der Waals surface area contributed by atoms with Gasteiger partial charge in [-0.3, -0.25) is 0 Å². The van der Waals surface area contributed by atoms with E-state index in [9.17, 15) is 13.2 Å². The first kappa shape index (κ1) is 14.2. The number of pyridine rings is 1. The van der Waals surface area contributed by atoms with E-state index in [4.69, 9.17) is 5.73 Å². The predicted molar refractivity (Wildman–Crippen MR) is 63.9 cm³/mol. The average Bonchev–Trinajstić information content (AvgIpc) is 2.25.